The van der Waals surface area contributed by atoms with E-state index in [1.165, 1.54) is 19.2 Å². The Morgan fingerprint density at radius 1 is 1.15 bits per heavy atom. The van der Waals surface area contributed by atoms with E-state index in [2.05, 4.69) is 0 Å². The molecule has 0 atom stereocenters. The van der Waals surface area contributed by atoms with Crippen molar-refractivity contribution in [3.8, 4) is 0 Å². The summed E-state index contributed by atoms with van der Waals surface area (Å²) in [4.78, 5) is 11.4. The first-order valence-corrected chi connectivity index (χ1v) is 6.73. The number of halogens is 2. The lowest BCUT2D eigenvalue weighted by Crippen LogP contribution is -2.26. The van der Waals surface area contributed by atoms with Gasteiger partial charge in [-0.2, -0.15) is 0 Å². The van der Waals surface area contributed by atoms with E-state index in [1.54, 1.807) is 0 Å². The van der Waals surface area contributed by atoms with E-state index in [1.807, 2.05) is 0 Å². The number of hydrogen-bond donors (Lipinski definition) is 0. The van der Waals surface area contributed by atoms with Crippen LogP contribution in [0.5, 0.6) is 0 Å². The first-order valence-electron chi connectivity index (χ1n) is 6.73. The van der Waals surface area contributed by atoms with Gasteiger partial charge in [-0.05, 0) is 43.4 Å². The number of carbonyl (C=O) groups is 1. The summed E-state index contributed by atoms with van der Waals surface area (Å²) < 4.78 is 36.4. The number of esters is 1. The molecule has 1 saturated carbocycles. The van der Waals surface area contributed by atoms with Gasteiger partial charge >= 0.3 is 5.97 Å². The maximum atomic E-state index is 13.0. The largest absolute Gasteiger partial charge is 0.469 e. The normalized spacial score (nSPS) is 22.6. The molecule has 0 unspecified atom stereocenters. The fraction of sp³-hybridized carbons (Fsp3) is 0.533. The van der Waals surface area contributed by atoms with Gasteiger partial charge in [0.15, 0.2) is 0 Å². The second-order valence-corrected chi connectivity index (χ2v) is 5.09. The van der Waals surface area contributed by atoms with Crippen molar-refractivity contribution in [3.05, 3.63) is 35.4 Å². The molecule has 0 aliphatic heterocycles. The van der Waals surface area contributed by atoms with Crippen molar-refractivity contribution in [2.75, 3.05) is 7.11 Å². The van der Waals surface area contributed by atoms with Gasteiger partial charge in [0.25, 0.3) is 0 Å². The van der Waals surface area contributed by atoms with Crippen LogP contribution in [0.15, 0.2) is 18.2 Å². The minimum absolute atomic E-state index is 0.0298. The zero-order valence-corrected chi connectivity index (χ0v) is 11.4. The molecule has 0 saturated heterocycles. The molecule has 0 aromatic heterocycles. The monoisotopic (exact) mass is 284 g/mol. The Labute approximate surface area is 116 Å². The molecular formula is C15H18F2O3. The molecule has 3 nitrogen and oxygen atoms in total. The Morgan fingerprint density at radius 3 is 2.30 bits per heavy atom. The molecule has 0 amide bonds. The molecule has 1 aromatic carbocycles. The van der Waals surface area contributed by atoms with E-state index in [0.29, 0.717) is 5.56 Å². The van der Waals surface area contributed by atoms with Crippen molar-refractivity contribution < 1.29 is 23.0 Å². The van der Waals surface area contributed by atoms with Crippen LogP contribution in [-0.2, 0) is 20.9 Å². The number of ether oxygens (including phenoxy) is 2. The topological polar surface area (TPSA) is 35.5 Å². The van der Waals surface area contributed by atoms with Crippen molar-refractivity contribution in [2.45, 2.75) is 38.4 Å². The van der Waals surface area contributed by atoms with Gasteiger partial charge in [0.1, 0.15) is 11.6 Å². The van der Waals surface area contributed by atoms with Crippen LogP contribution < -0.4 is 0 Å². The Morgan fingerprint density at radius 2 is 1.75 bits per heavy atom. The Kier molecular flexibility index (Phi) is 5.06. The molecule has 0 N–H and O–H groups in total. The second kappa shape index (κ2) is 6.79. The predicted octanol–water partition coefficient (Wildman–Crippen LogP) is 3.21. The van der Waals surface area contributed by atoms with Gasteiger partial charge in [-0.1, -0.05) is 0 Å². The first-order chi connectivity index (χ1) is 9.58. The highest BCUT2D eigenvalue weighted by molar-refractivity contribution is 5.72. The number of benzene rings is 1. The van der Waals surface area contributed by atoms with E-state index >= 15 is 0 Å². The molecule has 1 aromatic rings. The Balaban J connectivity index is 1.80. The summed E-state index contributed by atoms with van der Waals surface area (Å²) in [5.74, 6) is -1.42. The molecule has 1 aliphatic rings. The molecule has 0 bridgehead atoms. The highest BCUT2D eigenvalue weighted by atomic mass is 19.1. The zero-order chi connectivity index (χ0) is 14.5. The quantitative estimate of drug-likeness (QED) is 0.796. The Hall–Kier alpha value is -1.49. The molecule has 0 heterocycles. The van der Waals surface area contributed by atoms with Gasteiger partial charge in [-0.3, -0.25) is 4.79 Å². The maximum absolute atomic E-state index is 13.0. The zero-order valence-electron chi connectivity index (χ0n) is 11.4. The third-order valence-corrected chi connectivity index (χ3v) is 3.62. The second-order valence-electron chi connectivity index (χ2n) is 5.09. The van der Waals surface area contributed by atoms with Crippen molar-refractivity contribution in [3.63, 3.8) is 0 Å². The average molecular weight is 284 g/mol. The number of hydrogen-bond acceptors (Lipinski definition) is 3. The minimum Gasteiger partial charge on any atom is -0.469 e. The Bertz CT molecular complexity index is 448. The van der Waals surface area contributed by atoms with Crippen LogP contribution in [0.3, 0.4) is 0 Å². The highest BCUT2D eigenvalue weighted by Gasteiger charge is 2.27. The van der Waals surface area contributed by atoms with Gasteiger partial charge in [-0.15, -0.1) is 0 Å². The number of carbonyl (C=O) groups excluding carboxylic acids is 1. The summed E-state index contributed by atoms with van der Waals surface area (Å²) in [6.07, 6.45) is 3.01. The van der Waals surface area contributed by atoms with Crippen LogP contribution in [0, 0.1) is 17.6 Å². The molecule has 0 radical (unpaired) electrons. The fourth-order valence-electron chi connectivity index (χ4n) is 2.54. The highest BCUT2D eigenvalue weighted by Crippen LogP contribution is 2.27. The van der Waals surface area contributed by atoms with Crippen molar-refractivity contribution >= 4 is 5.97 Å². The SMILES string of the molecule is COC(=O)C1CCC(OCc2cc(F)cc(F)c2)CC1. The number of methoxy groups -OCH3 is 1. The molecule has 1 aliphatic carbocycles. The predicted molar refractivity (Wildman–Crippen MR) is 68.9 cm³/mol. The molecule has 110 valence electrons. The maximum Gasteiger partial charge on any atom is 0.308 e. The van der Waals surface area contributed by atoms with E-state index < -0.39 is 11.6 Å². The summed E-state index contributed by atoms with van der Waals surface area (Å²) in [5.41, 5.74) is 0.484. The molecule has 0 spiro atoms. The smallest absolute Gasteiger partial charge is 0.308 e. The third kappa shape index (κ3) is 4.00. The van der Waals surface area contributed by atoms with E-state index in [9.17, 15) is 13.6 Å². The van der Waals surface area contributed by atoms with Gasteiger partial charge in [0, 0.05) is 6.07 Å². The van der Waals surface area contributed by atoms with Crippen molar-refractivity contribution in [1.29, 1.82) is 0 Å². The lowest BCUT2D eigenvalue weighted by atomic mass is 9.87. The molecule has 2 rings (SSSR count). The van der Waals surface area contributed by atoms with Gasteiger partial charge < -0.3 is 9.47 Å². The third-order valence-electron chi connectivity index (χ3n) is 3.62. The summed E-state index contributed by atoms with van der Waals surface area (Å²) in [5, 5.41) is 0. The number of rotatable bonds is 4. The lowest BCUT2D eigenvalue weighted by Gasteiger charge is -2.27. The summed E-state index contributed by atoms with van der Waals surface area (Å²) in [7, 11) is 1.39. The summed E-state index contributed by atoms with van der Waals surface area (Å²) >= 11 is 0. The standard InChI is InChI=1S/C15H18F2O3/c1-19-15(18)11-2-4-14(5-3-11)20-9-10-6-12(16)8-13(17)7-10/h6-8,11,14H,2-5,9H2,1H3. The van der Waals surface area contributed by atoms with Crippen LogP contribution >= 0.6 is 0 Å². The minimum atomic E-state index is -0.599. The molecular weight excluding hydrogens is 266 g/mol. The van der Waals surface area contributed by atoms with Gasteiger partial charge in [-0.25, -0.2) is 8.78 Å². The van der Waals surface area contributed by atoms with Crippen LogP contribution in [0.4, 0.5) is 8.78 Å². The van der Waals surface area contributed by atoms with Crippen LogP contribution in [-0.4, -0.2) is 19.2 Å². The van der Waals surface area contributed by atoms with E-state index in [4.69, 9.17) is 9.47 Å². The summed E-state index contributed by atoms with van der Waals surface area (Å²) in [6.45, 7) is 0.183. The van der Waals surface area contributed by atoms with E-state index in [0.717, 1.165) is 31.7 Å². The van der Waals surface area contributed by atoms with Crippen molar-refractivity contribution in [2.24, 2.45) is 5.92 Å². The molecule has 1 fully saturated rings. The fourth-order valence-corrected chi connectivity index (χ4v) is 2.54. The molecule has 5 heteroatoms. The van der Waals surface area contributed by atoms with Crippen LogP contribution in [0.1, 0.15) is 31.2 Å². The average Bonchev–Trinajstić information content (AvgIpc) is 2.44. The van der Waals surface area contributed by atoms with Gasteiger partial charge in [0.2, 0.25) is 0 Å². The first kappa shape index (κ1) is 14.9. The lowest BCUT2D eigenvalue weighted by molar-refractivity contribution is -0.147. The van der Waals surface area contributed by atoms with Crippen LogP contribution in [0.25, 0.3) is 0 Å². The van der Waals surface area contributed by atoms with Crippen molar-refractivity contribution in [1.82, 2.24) is 0 Å². The van der Waals surface area contributed by atoms with Crippen LogP contribution in [0.2, 0.25) is 0 Å². The van der Waals surface area contributed by atoms with Gasteiger partial charge in [0.05, 0.1) is 25.7 Å². The molecule has 20 heavy (non-hydrogen) atoms. The summed E-state index contributed by atoms with van der Waals surface area (Å²) in [6, 6.07) is 3.37. The van der Waals surface area contributed by atoms with E-state index in [-0.39, 0.29) is 24.6 Å².